The van der Waals surface area contributed by atoms with Gasteiger partial charge in [-0.3, -0.25) is 9.80 Å². The molecule has 0 unspecified atom stereocenters. The van der Waals surface area contributed by atoms with Crippen molar-refractivity contribution in [3.63, 3.8) is 0 Å². The molecule has 0 bridgehead atoms. The molecule has 0 fully saturated rings. The average molecular weight is 306 g/mol. The van der Waals surface area contributed by atoms with E-state index in [0.29, 0.717) is 5.75 Å². The Morgan fingerprint density at radius 3 is 1.86 bits per heavy atom. The third-order valence-corrected chi connectivity index (χ3v) is 4.04. The Morgan fingerprint density at radius 2 is 1.45 bits per heavy atom. The second-order valence-corrected chi connectivity index (χ2v) is 8.70. The summed E-state index contributed by atoms with van der Waals surface area (Å²) in [6, 6.07) is 6.08. The quantitative estimate of drug-likeness (QED) is 0.825. The van der Waals surface area contributed by atoms with Crippen molar-refractivity contribution >= 4 is 0 Å². The van der Waals surface area contributed by atoms with Crippen molar-refractivity contribution in [1.82, 2.24) is 9.80 Å². The molecule has 0 radical (unpaired) electrons. The van der Waals surface area contributed by atoms with E-state index in [0.717, 1.165) is 12.0 Å². The fraction of sp³-hybridized carbons (Fsp3) is 0.684. The summed E-state index contributed by atoms with van der Waals surface area (Å²) in [5, 5.41) is 10.3. The predicted molar refractivity (Wildman–Crippen MR) is 95.3 cm³/mol. The van der Waals surface area contributed by atoms with Crippen molar-refractivity contribution in [2.24, 2.45) is 5.41 Å². The highest BCUT2D eigenvalue weighted by Gasteiger charge is 2.29. The van der Waals surface area contributed by atoms with Crippen LogP contribution in [-0.2, 0) is 5.41 Å². The van der Waals surface area contributed by atoms with E-state index in [-0.39, 0.29) is 17.0 Å². The minimum atomic E-state index is 0.0605. The first-order valence-electron chi connectivity index (χ1n) is 8.01. The molecule has 0 spiro atoms. The summed E-state index contributed by atoms with van der Waals surface area (Å²) in [4.78, 5) is 4.24. The number of hydrogen-bond acceptors (Lipinski definition) is 3. The fourth-order valence-electron chi connectivity index (χ4n) is 3.63. The summed E-state index contributed by atoms with van der Waals surface area (Å²) in [6.45, 7) is 11.4. The van der Waals surface area contributed by atoms with E-state index >= 15 is 0 Å². The highest BCUT2D eigenvalue weighted by Crippen LogP contribution is 2.39. The minimum absolute atomic E-state index is 0.0605. The van der Waals surface area contributed by atoms with E-state index in [1.807, 2.05) is 34.3 Å². The van der Waals surface area contributed by atoms with Crippen LogP contribution in [0.15, 0.2) is 18.2 Å². The second kappa shape index (κ2) is 6.59. The molecular formula is C19H34N2O. The highest BCUT2D eigenvalue weighted by atomic mass is 16.3. The van der Waals surface area contributed by atoms with Crippen LogP contribution >= 0.6 is 0 Å². The molecule has 0 saturated carbocycles. The van der Waals surface area contributed by atoms with Crippen molar-refractivity contribution in [2.45, 2.75) is 52.6 Å². The first kappa shape index (κ1) is 19.0. The molecule has 0 saturated heterocycles. The molecule has 0 aliphatic carbocycles. The van der Waals surface area contributed by atoms with Crippen LogP contribution in [0.3, 0.4) is 0 Å². The lowest BCUT2D eigenvalue weighted by atomic mass is 9.72. The molecule has 0 atom stereocenters. The largest absolute Gasteiger partial charge is 0.508 e. The van der Waals surface area contributed by atoms with Gasteiger partial charge >= 0.3 is 0 Å². The second-order valence-electron chi connectivity index (χ2n) is 8.70. The normalized spacial score (nSPS) is 13.5. The standard InChI is InChI=1S/C19H34N2O/c1-18(2,3)13-19(4,5)14-10-11-16(22)15(12-14)17(20(6)7)21(8)9/h10-12,17,22H,13H2,1-9H3. The molecule has 22 heavy (non-hydrogen) atoms. The summed E-state index contributed by atoms with van der Waals surface area (Å²) in [7, 11) is 8.16. The van der Waals surface area contributed by atoms with E-state index in [4.69, 9.17) is 0 Å². The van der Waals surface area contributed by atoms with E-state index in [1.54, 1.807) is 0 Å². The Hall–Kier alpha value is -1.06. The number of benzene rings is 1. The summed E-state index contributed by atoms with van der Waals surface area (Å²) in [6.07, 6.45) is 1.16. The van der Waals surface area contributed by atoms with Gasteiger partial charge in [-0.25, -0.2) is 0 Å². The molecule has 0 aliphatic heterocycles. The maximum atomic E-state index is 10.3. The van der Waals surface area contributed by atoms with Gasteiger partial charge in [0.25, 0.3) is 0 Å². The molecule has 1 aromatic rings. The number of phenols is 1. The minimum Gasteiger partial charge on any atom is -0.508 e. The molecule has 1 aromatic carbocycles. The maximum absolute atomic E-state index is 10.3. The Kier molecular flexibility index (Phi) is 5.69. The summed E-state index contributed by atoms with van der Waals surface area (Å²) < 4.78 is 0. The van der Waals surface area contributed by atoms with Crippen LogP contribution in [0.2, 0.25) is 0 Å². The smallest absolute Gasteiger partial charge is 0.121 e. The molecule has 0 heterocycles. The maximum Gasteiger partial charge on any atom is 0.121 e. The van der Waals surface area contributed by atoms with Gasteiger partial charge in [0, 0.05) is 5.56 Å². The fourth-order valence-corrected chi connectivity index (χ4v) is 3.63. The molecule has 0 amide bonds. The Labute approximate surface area is 136 Å². The number of nitrogens with zero attached hydrogens (tertiary/aromatic N) is 2. The zero-order valence-electron chi connectivity index (χ0n) is 15.9. The number of aromatic hydroxyl groups is 1. The van der Waals surface area contributed by atoms with Gasteiger partial charge < -0.3 is 5.11 Å². The lowest BCUT2D eigenvalue weighted by Crippen LogP contribution is -2.33. The van der Waals surface area contributed by atoms with E-state index in [9.17, 15) is 5.11 Å². The summed E-state index contributed by atoms with van der Waals surface area (Å²) in [5.74, 6) is 0.364. The van der Waals surface area contributed by atoms with Crippen LogP contribution in [0.25, 0.3) is 0 Å². The van der Waals surface area contributed by atoms with Crippen molar-refractivity contribution < 1.29 is 5.11 Å². The zero-order chi connectivity index (χ0) is 17.3. The molecule has 3 nitrogen and oxygen atoms in total. The Bertz CT molecular complexity index is 491. The molecule has 1 N–H and O–H groups in total. The molecular weight excluding hydrogens is 272 g/mol. The van der Waals surface area contributed by atoms with Crippen LogP contribution in [0, 0.1) is 5.41 Å². The topological polar surface area (TPSA) is 26.7 Å². The first-order valence-corrected chi connectivity index (χ1v) is 8.01. The average Bonchev–Trinajstić information content (AvgIpc) is 2.27. The number of phenolic OH excluding ortho intramolecular Hbond substituents is 1. The molecule has 0 aromatic heterocycles. The van der Waals surface area contributed by atoms with Gasteiger partial charge in [0.05, 0.1) is 6.17 Å². The van der Waals surface area contributed by atoms with Gasteiger partial charge in [0.1, 0.15) is 5.75 Å². The zero-order valence-corrected chi connectivity index (χ0v) is 15.9. The monoisotopic (exact) mass is 306 g/mol. The van der Waals surface area contributed by atoms with Crippen molar-refractivity contribution in [3.8, 4) is 5.75 Å². The van der Waals surface area contributed by atoms with Gasteiger partial charge in [-0.1, -0.05) is 40.7 Å². The van der Waals surface area contributed by atoms with Crippen LogP contribution in [0.1, 0.15) is 58.3 Å². The van der Waals surface area contributed by atoms with Crippen LogP contribution in [0.5, 0.6) is 5.75 Å². The molecule has 126 valence electrons. The molecule has 3 heteroatoms. The van der Waals surface area contributed by atoms with Crippen molar-refractivity contribution in [1.29, 1.82) is 0 Å². The number of hydrogen-bond donors (Lipinski definition) is 1. The van der Waals surface area contributed by atoms with E-state index in [2.05, 4.69) is 56.6 Å². The Balaban J connectivity index is 3.29. The summed E-state index contributed by atoms with van der Waals surface area (Å²) >= 11 is 0. The SMILES string of the molecule is CN(C)C(c1cc(C(C)(C)CC(C)(C)C)ccc1O)N(C)C. The summed E-state index contributed by atoms with van der Waals surface area (Å²) in [5.41, 5.74) is 2.59. The van der Waals surface area contributed by atoms with Crippen molar-refractivity contribution in [3.05, 3.63) is 29.3 Å². The lowest BCUT2D eigenvalue weighted by Gasteiger charge is -2.35. The molecule has 0 aliphatic rings. The predicted octanol–water partition coefficient (Wildman–Crippen LogP) is 4.23. The van der Waals surface area contributed by atoms with Gasteiger partial charge in [0.15, 0.2) is 0 Å². The number of rotatable bonds is 5. The Morgan fingerprint density at radius 1 is 0.955 bits per heavy atom. The highest BCUT2D eigenvalue weighted by molar-refractivity contribution is 5.41. The van der Waals surface area contributed by atoms with Gasteiger partial charge in [-0.15, -0.1) is 0 Å². The van der Waals surface area contributed by atoms with Crippen LogP contribution < -0.4 is 0 Å². The third-order valence-electron chi connectivity index (χ3n) is 4.04. The van der Waals surface area contributed by atoms with Crippen molar-refractivity contribution in [2.75, 3.05) is 28.2 Å². The third kappa shape index (κ3) is 4.72. The van der Waals surface area contributed by atoms with E-state index in [1.165, 1.54) is 5.56 Å². The molecule has 1 rings (SSSR count). The van der Waals surface area contributed by atoms with Crippen LogP contribution in [-0.4, -0.2) is 43.1 Å². The van der Waals surface area contributed by atoms with Gasteiger partial charge in [-0.05, 0) is 63.1 Å². The first-order chi connectivity index (χ1) is 9.85. The van der Waals surface area contributed by atoms with Crippen LogP contribution in [0.4, 0.5) is 0 Å². The lowest BCUT2D eigenvalue weighted by molar-refractivity contribution is 0.127. The van der Waals surface area contributed by atoms with Gasteiger partial charge in [-0.2, -0.15) is 0 Å². The van der Waals surface area contributed by atoms with E-state index < -0.39 is 0 Å². The van der Waals surface area contributed by atoms with Gasteiger partial charge in [0.2, 0.25) is 0 Å².